The highest BCUT2D eigenvalue weighted by Crippen LogP contribution is 2.33. The number of alkyl halides is 3. The van der Waals surface area contributed by atoms with Crippen LogP contribution in [0.25, 0.3) is 5.82 Å². The number of methoxy groups -OCH3 is 1. The highest BCUT2D eigenvalue weighted by molar-refractivity contribution is 5.89. The molecule has 0 aromatic carbocycles. The Morgan fingerprint density at radius 3 is 2.50 bits per heavy atom. The van der Waals surface area contributed by atoms with Crippen molar-refractivity contribution in [3.63, 3.8) is 0 Å². The van der Waals surface area contributed by atoms with Crippen molar-refractivity contribution in [1.82, 2.24) is 14.8 Å². The van der Waals surface area contributed by atoms with E-state index in [1.807, 2.05) is 0 Å². The second kappa shape index (κ2) is 4.83. The highest BCUT2D eigenvalue weighted by Gasteiger charge is 2.40. The molecule has 20 heavy (non-hydrogen) atoms. The topological polar surface area (TPSA) is 77.2 Å². The molecule has 6 nitrogen and oxygen atoms in total. The van der Waals surface area contributed by atoms with Crippen molar-refractivity contribution in [3.05, 3.63) is 35.8 Å². The summed E-state index contributed by atoms with van der Waals surface area (Å²) in [6.45, 7) is 0. The molecule has 0 amide bonds. The van der Waals surface area contributed by atoms with Crippen LogP contribution in [-0.4, -0.2) is 33.0 Å². The van der Waals surface area contributed by atoms with Crippen LogP contribution >= 0.6 is 0 Å². The van der Waals surface area contributed by atoms with Crippen molar-refractivity contribution in [2.45, 2.75) is 6.18 Å². The molecule has 9 heteroatoms. The minimum atomic E-state index is -4.87. The van der Waals surface area contributed by atoms with Gasteiger partial charge in [0.25, 0.3) is 0 Å². The largest absolute Gasteiger partial charge is 0.495 e. The van der Waals surface area contributed by atoms with E-state index in [9.17, 15) is 18.0 Å². The molecule has 0 aliphatic carbocycles. The van der Waals surface area contributed by atoms with Crippen molar-refractivity contribution in [1.29, 1.82) is 0 Å². The maximum absolute atomic E-state index is 13.0. The van der Waals surface area contributed by atoms with E-state index in [2.05, 4.69) is 10.1 Å². The number of pyridine rings is 1. The number of carbonyl (C=O) groups is 1. The summed E-state index contributed by atoms with van der Waals surface area (Å²) in [7, 11) is 1.38. The number of rotatable bonds is 3. The Morgan fingerprint density at radius 1 is 1.35 bits per heavy atom. The molecule has 2 rings (SSSR count). The predicted molar refractivity (Wildman–Crippen MR) is 59.9 cm³/mol. The van der Waals surface area contributed by atoms with Gasteiger partial charge >= 0.3 is 12.1 Å². The fourth-order valence-electron chi connectivity index (χ4n) is 1.57. The van der Waals surface area contributed by atoms with E-state index in [4.69, 9.17) is 9.84 Å². The number of carboxylic acids is 1. The number of halogens is 3. The predicted octanol–water partition coefficient (Wildman–Crippen LogP) is 1.99. The van der Waals surface area contributed by atoms with Crippen LogP contribution in [0.15, 0.2) is 24.5 Å². The van der Waals surface area contributed by atoms with E-state index in [0.717, 1.165) is 0 Å². The molecule has 106 valence electrons. The normalized spacial score (nSPS) is 11.4. The SMILES string of the molecule is COc1ccc(-n2ncc(C(=O)O)c2C(F)(F)F)nc1. The first-order chi connectivity index (χ1) is 9.34. The Morgan fingerprint density at radius 2 is 2.05 bits per heavy atom. The van der Waals surface area contributed by atoms with Crippen molar-refractivity contribution in [3.8, 4) is 11.6 Å². The van der Waals surface area contributed by atoms with Crippen LogP contribution in [0, 0.1) is 0 Å². The lowest BCUT2D eigenvalue weighted by Crippen LogP contribution is -2.17. The maximum Gasteiger partial charge on any atom is 0.434 e. The van der Waals surface area contributed by atoms with Gasteiger partial charge in [-0.15, -0.1) is 0 Å². The second-order valence-electron chi connectivity index (χ2n) is 3.68. The summed E-state index contributed by atoms with van der Waals surface area (Å²) in [5, 5.41) is 12.2. The zero-order valence-electron chi connectivity index (χ0n) is 10.0. The zero-order valence-corrected chi connectivity index (χ0v) is 10.0. The van der Waals surface area contributed by atoms with Gasteiger partial charge in [0.1, 0.15) is 11.3 Å². The van der Waals surface area contributed by atoms with Crippen molar-refractivity contribution >= 4 is 5.97 Å². The number of hydrogen-bond donors (Lipinski definition) is 1. The first-order valence-electron chi connectivity index (χ1n) is 5.23. The molecular weight excluding hydrogens is 279 g/mol. The third-order valence-electron chi connectivity index (χ3n) is 2.44. The van der Waals surface area contributed by atoms with Gasteiger partial charge in [0.15, 0.2) is 11.5 Å². The molecule has 0 atom stereocenters. The maximum atomic E-state index is 13.0. The summed E-state index contributed by atoms with van der Waals surface area (Å²) in [6, 6.07) is 2.64. The summed E-state index contributed by atoms with van der Waals surface area (Å²) < 4.78 is 44.1. The fraction of sp³-hybridized carbons (Fsp3) is 0.182. The van der Waals surface area contributed by atoms with E-state index < -0.39 is 23.4 Å². The Hall–Kier alpha value is -2.58. The number of aromatic carboxylic acids is 1. The quantitative estimate of drug-likeness (QED) is 0.934. The zero-order chi connectivity index (χ0) is 14.9. The summed E-state index contributed by atoms with van der Waals surface area (Å²) in [5.74, 6) is -1.52. The van der Waals surface area contributed by atoms with Crippen LogP contribution in [0.2, 0.25) is 0 Å². The van der Waals surface area contributed by atoms with Gasteiger partial charge in [-0.1, -0.05) is 0 Å². The number of carboxylic acid groups (broad SMARTS) is 1. The van der Waals surface area contributed by atoms with Crippen LogP contribution in [0.5, 0.6) is 5.75 Å². The molecule has 0 bridgehead atoms. The van der Waals surface area contributed by atoms with Gasteiger partial charge in [0, 0.05) is 0 Å². The molecule has 0 aliphatic heterocycles. The molecule has 0 unspecified atom stereocenters. The van der Waals surface area contributed by atoms with Gasteiger partial charge in [-0.3, -0.25) is 0 Å². The summed E-state index contributed by atoms with van der Waals surface area (Å²) in [4.78, 5) is 14.6. The molecule has 1 N–H and O–H groups in total. The van der Waals surface area contributed by atoms with Crippen molar-refractivity contribution < 1.29 is 27.8 Å². The Kier molecular flexibility index (Phi) is 3.35. The molecule has 2 aromatic rings. The average Bonchev–Trinajstić information content (AvgIpc) is 2.83. The van der Waals surface area contributed by atoms with E-state index in [-0.39, 0.29) is 5.82 Å². The third kappa shape index (κ3) is 2.42. The Balaban J connectivity index is 2.59. The van der Waals surface area contributed by atoms with Crippen molar-refractivity contribution in [2.75, 3.05) is 7.11 Å². The van der Waals surface area contributed by atoms with Crippen LogP contribution in [0.4, 0.5) is 13.2 Å². The van der Waals surface area contributed by atoms with E-state index in [1.165, 1.54) is 25.4 Å². The van der Waals surface area contributed by atoms with Gasteiger partial charge in [-0.25, -0.2) is 14.5 Å². The van der Waals surface area contributed by atoms with Crippen LogP contribution in [-0.2, 0) is 6.18 Å². The summed E-state index contributed by atoms with van der Waals surface area (Å²) >= 11 is 0. The molecule has 0 saturated carbocycles. The van der Waals surface area contributed by atoms with Crippen LogP contribution < -0.4 is 4.74 Å². The minimum absolute atomic E-state index is 0.161. The number of nitrogens with zero attached hydrogens (tertiary/aromatic N) is 3. The summed E-state index contributed by atoms with van der Waals surface area (Å²) in [5.41, 5.74) is -2.32. The first-order valence-corrected chi connectivity index (χ1v) is 5.23. The van der Waals surface area contributed by atoms with E-state index in [1.54, 1.807) is 0 Å². The lowest BCUT2D eigenvalue weighted by molar-refractivity contribution is -0.143. The minimum Gasteiger partial charge on any atom is -0.495 e. The molecule has 2 aromatic heterocycles. The fourth-order valence-corrected chi connectivity index (χ4v) is 1.57. The van der Waals surface area contributed by atoms with Gasteiger partial charge in [-0.2, -0.15) is 18.3 Å². The van der Waals surface area contributed by atoms with Gasteiger partial charge < -0.3 is 9.84 Å². The second-order valence-corrected chi connectivity index (χ2v) is 3.68. The number of ether oxygens (including phenoxy) is 1. The monoisotopic (exact) mass is 287 g/mol. The summed E-state index contributed by atoms with van der Waals surface area (Å²) in [6.07, 6.45) is -3.03. The van der Waals surface area contributed by atoms with Gasteiger partial charge in [0.05, 0.1) is 19.5 Å². The standard InChI is InChI=1S/C11H8F3N3O3/c1-20-6-2-3-8(15-4-6)17-9(11(12,13)14)7(5-16-17)10(18)19/h2-5H,1H3,(H,18,19). The molecule has 0 fully saturated rings. The molecule has 0 radical (unpaired) electrons. The first kappa shape index (κ1) is 13.8. The van der Waals surface area contributed by atoms with E-state index in [0.29, 0.717) is 16.6 Å². The molecule has 0 saturated heterocycles. The van der Waals surface area contributed by atoms with Crippen molar-refractivity contribution in [2.24, 2.45) is 0 Å². The van der Waals surface area contributed by atoms with Crippen LogP contribution in [0.1, 0.15) is 16.1 Å². The third-order valence-corrected chi connectivity index (χ3v) is 2.44. The molecule has 2 heterocycles. The molecule has 0 spiro atoms. The van der Waals surface area contributed by atoms with Gasteiger partial charge in [-0.05, 0) is 12.1 Å². The lowest BCUT2D eigenvalue weighted by atomic mass is 10.2. The Bertz CT molecular complexity index is 635. The van der Waals surface area contributed by atoms with E-state index >= 15 is 0 Å². The average molecular weight is 287 g/mol. The van der Waals surface area contributed by atoms with Crippen LogP contribution in [0.3, 0.4) is 0 Å². The lowest BCUT2D eigenvalue weighted by Gasteiger charge is -2.11. The van der Waals surface area contributed by atoms with Gasteiger partial charge in [0.2, 0.25) is 0 Å². The highest BCUT2D eigenvalue weighted by atomic mass is 19.4. The number of hydrogen-bond acceptors (Lipinski definition) is 4. The molecular formula is C11H8F3N3O3. The Labute approximate surface area is 110 Å². The number of aromatic nitrogens is 3. The smallest absolute Gasteiger partial charge is 0.434 e. The molecule has 0 aliphatic rings.